The molecule has 0 aromatic carbocycles. The maximum absolute atomic E-state index is 11.8. The Labute approximate surface area is 114 Å². The molecule has 1 aliphatic heterocycles. The Balaban J connectivity index is 2.46. The van der Waals surface area contributed by atoms with Crippen LogP contribution in [0.25, 0.3) is 0 Å². The van der Waals surface area contributed by atoms with E-state index in [1.807, 2.05) is 11.8 Å². The summed E-state index contributed by atoms with van der Waals surface area (Å²) in [4.78, 5) is 13.6. The maximum atomic E-state index is 11.8. The molecule has 1 rings (SSSR count). The zero-order valence-corrected chi connectivity index (χ0v) is 12.6. The van der Waals surface area contributed by atoms with Gasteiger partial charge in [-0.05, 0) is 13.3 Å². The summed E-state index contributed by atoms with van der Waals surface area (Å²) in [5, 5.41) is 0. The molecule has 0 radical (unpaired) electrons. The smallest absolute Gasteiger partial charge is 0.232 e. The standard InChI is InChI=1S/C12H22ClNO3S/c1-3-4-5-6-10(2)14-8-11(7-12(14)15)9-18(13,16)17/h10-11H,3-9H2,1-2H3. The van der Waals surface area contributed by atoms with Crippen molar-refractivity contribution in [1.82, 2.24) is 4.90 Å². The molecule has 18 heavy (non-hydrogen) atoms. The summed E-state index contributed by atoms with van der Waals surface area (Å²) in [6.07, 6.45) is 4.74. The van der Waals surface area contributed by atoms with E-state index in [0.29, 0.717) is 13.0 Å². The SMILES string of the molecule is CCCCCC(C)N1CC(CS(=O)(=O)Cl)CC1=O. The van der Waals surface area contributed by atoms with E-state index in [1.165, 1.54) is 6.42 Å². The van der Waals surface area contributed by atoms with E-state index < -0.39 is 9.05 Å². The molecule has 0 spiro atoms. The lowest BCUT2D eigenvalue weighted by atomic mass is 10.1. The van der Waals surface area contributed by atoms with Crippen molar-refractivity contribution in [2.45, 2.75) is 52.0 Å². The van der Waals surface area contributed by atoms with E-state index >= 15 is 0 Å². The predicted molar refractivity (Wildman–Crippen MR) is 73.1 cm³/mol. The molecule has 2 unspecified atom stereocenters. The lowest BCUT2D eigenvalue weighted by Gasteiger charge is -2.24. The monoisotopic (exact) mass is 295 g/mol. The van der Waals surface area contributed by atoms with Gasteiger partial charge in [-0.15, -0.1) is 0 Å². The second-order valence-electron chi connectivity index (χ2n) is 5.17. The van der Waals surface area contributed by atoms with Crippen molar-refractivity contribution in [3.63, 3.8) is 0 Å². The van der Waals surface area contributed by atoms with Crippen LogP contribution in [0.5, 0.6) is 0 Å². The largest absolute Gasteiger partial charge is 0.340 e. The van der Waals surface area contributed by atoms with E-state index in [2.05, 4.69) is 6.92 Å². The van der Waals surface area contributed by atoms with Gasteiger partial charge >= 0.3 is 0 Å². The first-order valence-corrected chi connectivity index (χ1v) is 9.03. The van der Waals surface area contributed by atoms with Crippen LogP contribution in [0.3, 0.4) is 0 Å². The van der Waals surface area contributed by atoms with Crippen molar-refractivity contribution in [3.05, 3.63) is 0 Å². The molecule has 0 saturated carbocycles. The van der Waals surface area contributed by atoms with Gasteiger partial charge in [0.15, 0.2) is 0 Å². The molecular weight excluding hydrogens is 274 g/mol. The first-order chi connectivity index (χ1) is 8.33. The Kier molecular flexibility index (Phi) is 5.92. The lowest BCUT2D eigenvalue weighted by molar-refractivity contribution is -0.129. The van der Waals surface area contributed by atoms with E-state index in [1.54, 1.807) is 0 Å². The fourth-order valence-corrected chi connectivity index (χ4v) is 3.79. The number of carbonyl (C=O) groups excluding carboxylic acids is 1. The average Bonchev–Trinajstić information content (AvgIpc) is 2.57. The van der Waals surface area contributed by atoms with Gasteiger partial charge in [0.2, 0.25) is 15.0 Å². The van der Waals surface area contributed by atoms with E-state index in [-0.39, 0.29) is 23.6 Å². The Morgan fingerprint density at radius 1 is 1.44 bits per heavy atom. The molecule has 1 amide bonds. The number of carbonyl (C=O) groups is 1. The van der Waals surface area contributed by atoms with Crippen LogP contribution in [0.4, 0.5) is 0 Å². The van der Waals surface area contributed by atoms with E-state index in [0.717, 1.165) is 19.3 Å². The highest BCUT2D eigenvalue weighted by molar-refractivity contribution is 8.13. The van der Waals surface area contributed by atoms with Gasteiger partial charge in [-0.1, -0.05) is 26.2 Å². The molecule has 1 fully saturated rings. The zero-order chi connectivity index (χ0) is 13.8. The molecule has 0 aliphatic carbocycles. The molecule has 106 valence electrons. The van der Waals surface area contributed by atoms with Crippen molar-refractivity contribution in [3.8, 4) is 0 Å². The predicted octanol–water partition coefficient (Wildman–Crippen LogP) is 2.37. The molecule has 1 aliphatic rings. The highest BCUT2D eigenvalue weighted by atomic mass is 35.7. The van der Waals surface area contributed by atoms with Gasteiger partial charge in [-0.25, -0.2) is 8.42 Å². The van der Waals surface area contributed by atoms with Crippen LogP contribution in [0.2, 0.25) is 0 Å². The molecule has 1 saturated heterocycles. The fraction of sp³-hybridized carbons (Fsp3) is 0.917. The molecule has 1 heterocycles. The summed E-state index contributed by atoms with van der Waals surface area (Å²) in [6.45, 7) is 4.70. The molecular formula is C12H22ClNO3S. The van der Waals surface area contributed by atoms with Crippen molar-refractivity contribution in [2.75, 3.05) is 12.3 Å². The summed E-state index contributed by atoms with van der Waals surface area (Å²) in [5.74, 6) is -0.184. The minimum Gasteiger partial charge on any atom is -0.340 e. The van der Waals surface area contributed by atoms with Crippen LogP contribution < -0.4 is 0 Å². The summed E-state index contributed by atoms with van der Waals surface area (Å²) in [7, 11) is 1.73. The van der Waals surface area contributed by atoms with Crippen LogP contribution >= 0.6 is 10.7 Å². The lowest BCUT2D eigenvalue weighted by Crippen LogP contribution is -2.34. The Hall–Kier alpha value is -0.290. The number of hydrogen-bond donors (Lipinski definition) is 0. The van der Waals surface area contributed by atoms with Crippen molar-refractivity contribution in [1.29, 1.82) is 0 Å². The first kappa shape index (κ1) is 15.8. The topological polar surface area (TPSA) is 54.5 Å². The van der Waals surface area contributed by atoms with Crippen LogP contribution in [0.15, 0.2) is 0 Å². The van der Waals surface area contributed by atoms with Crippen molar-refractivity contribution >= 4 is 25.6 Å². The third-order valence-corrected chi connectivity index (χ3v) is 4.68. The number of hydrogen-bond acceptors (Lipinski definition) is 3. The molecule has 0 N–H and O–H groups in total. The van der Waals surface area contributed by atoms with Gasteiger partial charge in [-0.3, -0.25) is 4.79 Å². The second kappa shape index (κ2) is 6.75. The number of likely N-dealkylation sites (tertiary alicyclic amines) is 1. The summed E-state index contributed by atoms with van der Waals surface area (Å²) in [5.41, 5.74) is 0. The third kappa shape index (κ3) is 5.14. The molecule has 0 aromatic rings. The van der Waals surface area contributed by atoms with Gasteiger partial charge in [0, 0.05) is 35.6 Å². The molecule has 0 aromatic heterocycles. The number of unbranched alkanes of at least 4 members (excludes halogenated alkanes) is 2. The quantitative estimate of drug-likeness (QED) is 0.535. The van der Waals surface area contributed by atoms with Gasteiger partial charge in [0.05, 0.1) is 5.75 Å². The number of amides is 1. The molecule has 4 nitrogen and oxygen atoms in total. The third-order valence-electron chi connectivity index (χ3n) is 3.43. The van der Waals surface area contributed by atoms with E-state index in [9.17, 15) is 13.2 Å². The first-order valence-electron chi connectivity index (χ1n) is 6.55. The molecule has 0 bridgehead atoms. The molecule has 6 heteroatoms. The van der Waals surface area contributed by atoms with Crippen LogP contribution in [-0.2, 0) is 13.8 Å². The summed E-state index contributed by atoms with van der Waals surface area (Å²) in [6, 6.07) is 0.201. The Bertz CT molecular complexity index is 383. The molecule has 2 atom stereocenters. The number of halogens is 1. The average molecular weight is 296 g/mol. The Morgan fingerprint density at radius 3 is 2.67 bits per heavy atom. The Morgan fingerprint density at radius 2 is 2.11 bits per heavy atom. The van der Waals surface area contributed by atoms with Crippen molar-refractivity contribution in [2.24, 2.45) is 5.92 Å². The van der Waals surface area contributed by atoms with E-state index in [4.69, 9.17) is 10.7 Å². The van der Waals surface area contributed by atoms with Crippen LogP contribution in [0.1, 0.15) is 46.0 Å². The number of nitrogens with zero attached hydrogens (tertiary/aromatic N) is 1. The van der Waals surface area contributed by atoms with Gasteiger partial charge in [0.25, 0.3) is 0 Å². The van der Waals surface area contributed by atoms with Gasteiger partial charge in [0.1, 0.15) is 0 Å². The maximum Gasteiger partial charge on any atom is 0.232 e. The number of rotatable bonds is 7. The zero-order valence-electron chi connectivity index (χ0n) is 11.1. The fourth-order valence-electron chi connectivity index (χ4n) is 2.47. The highest BCUT2D eigenvalue weighted by Crippen LogP contribution is 2.24. The van der Waals surface area contributed by atoms with Gasteiger partial charge in [-0.2, -0.15) is 0 Å². The minimum atomic E-state index is -3.51. The van der Waals surface area contributed by atoms with Crippen LogP contribution in [-0.4, -0.2) is 37.6 Å². The van der Waals surface area contributed by atoms with Gasteiger partial charge < -0.3 is 4.90 Å². The normalized spacial score (nSPS) is 22.5. The van der Waals surface area contributed by atoms with Crippen molar-refractivity contribution < 1.29 is 13.2 Å². The second-order valence-corrected chi connectivity index (χ2v) is 7.99. The summed E-state index contributed by atoms with van der Waals surface area (Å²) >= 11 is 0. The minimum absolute atomic E-state index is 0.0596. The summed E-state index contributed by atoms with van der Waals surface area (Å²) < 4.78 is 22.0. The van der Waals surface area contributed by atoms with Crippen LogP contribution in [0, 0.1) is 5.92 Å². The highest BCUT2D eigenvalue weighted by Gasteiger charge is 2.34.